The highest BCUT2D eigenvalue weighted by Gasteiger charge is 2.11. The summed E-state index contributed by atoms with van der Waals surface area (Å²) in [6.45, 7) is 3.03. The summed E-state index contributed by atoms with van der Waals surface area (Å²) in [7, 11) is 0. The Balaban J connectivity index is 1.71. The van der Waals surface area contributed by atoms with E-state index < -0.39 is 0 Å². The van der Waals surface area contributed by atoms with Crippen LogP contribution in [0.4, 0.5) is 0 Å². The van der Waals surface area contributed by atoms with E-state index in [1.54, 1.807) is 11.8 Å². The third-order valence-electron chi connectivity index (χ3n) is 3.60. The van der Waals surface area contributed by atoms with Crippen LogP contribution in [0.2, 0.25) is 0 Å². The molecule has 0 aliphatic carbocycles. The van der Waals surface area contributed by atoms with E-state index in [1.165, 1.54) is 11.1 Å². The highest BCUT2D eigenvalue weighted by atomic mass is 79.9. The average molecular weight is 388 g/mol. The van der Waals surface area contributed by atoms with Gasteiger partial charge in [-0.1, -0.05) is 70.2 Å². The Morgan fingerprint density at radius 1 is 0.957 bits per heavy atom. The molecule has 0 amide bonds. The second-order valence-electron chi connectivity index (χ2n) is 5.22. The van der Waals surface area contributed by atoms with E-state index in [9.17, 15) is 0 Å². The second-order valence-corrected chi connectivity index (χ2v) is 7.08. The summed E-state index contributed by atoms with van der Waals surface area (Å²) in [4.78, 5) is 0. The number of benzene rings is 2. The van der Waals surface area contributed by atoms with E-state index in [-0.39, 0.29) is 0 Å². The zero-order valence-corrected chi connectivity index (χ0v) is 15.3. The van der Waals surface area contributed by atoms with Crippen molar-refractivity contribution in [2.24, 2.45) is 0 Å². The molecule has 0 fully saturated rings. The van der Waals surface area contributed by atoms with Crippen molar-refractivity contribution in [1.29, 1.82) is 0 Å². The lowest BCUT2D eigenvalue weighted by molar-refractivity contribution is 0.651. The summed E-state index contributed by atoms with van der Waals surface area (Å²) in [5, 5.41) is 9.76. The van der Waals surface area contributed by atoms with Gasteiger partial charge >= 0.3 is 0 Å². The maximum absolute atomic E-state index is 4.39. The fourth-order valence-corrected chi connectivity index (χ4v) is 3.62. The molecule has 1 aromatic heterocycles. The summed E-state index contributed by atoms with van der Waals surface area (Å²) < 4.78 is 3.31. The molecule has 0 radical (unpaired) electrons. The minimum absolute atomic E-state index is 0.820. The molecule has 23 heavy (non-hydrogen) atoms. The minimum atomic E-state index is 0.820. The topological polar surface area (TPSA) is 30.7 Å². The summed E-state index contributed by atoms with van der Waals surface area (Å²) in [5.41, 5.74) is 2.55. The normalized spacial score (nSPS) is 10.9. The molecule has 0 bridgehead atoms. The zero-order chi connectivity index (χ0) is 16.1. The quantitative estimate of drug-likeness (QED) is 0.560. The van der Waals surface area contributed by atoms with Crippen LogP contribution in [0, 0.1) is 0 Å². The molecular weight excluding hydrogens is 370 g/mol. The molecule has 3 nitrogen and oxygen atoms in total. The smallest absolute Gasteiger partial charge is 0.191 e. The fourth-order valence-electron chi connectivity index (χ4n) is 2.38. The van der Waals surface area contributed by atoms with Crippen LogP contribution in [0.3, 0.4) is 0 Å². The van der Waals surface area contributed by atoms with Gasteiger partial charge in [-0.3, -0.25) is 0 Å². The van der Waals surface area contributed by atoms with Crippen LogP contribution in [0.5, 0.6) is 0 Å². The summed E-state index contributed by atoms with van der Waals surface area (Å²) in [6.07, 6.45) is 0.820. The van der Waals surface area contributed by atoms with Crippen LogP contribution >= 0.6 is 27.7 Å². The van der Waals surface area contributed by atoms with Crippen molar-refractivity contribution in [3.05, 3.63) is 76.0 Å². The van der Waals surface area contributed by atoms with Crippen molar-refractivity contribution in [3.8, 4) is 0 Å². The molecule has 0 atom stereocenters. The number of thioether (sulfide) groups is 1. The predicted molar refractivity (Wildman–Crippen MR) is 98.6 cm³/mol. The van der Waals surface area contributed by atoms with Crippen molar-refractivity contribution in [3.63, 3.8) is 0 Å². The van der Waals surface area contributed by atoms with Gasteiger partial charge in [0.25, 0.3) is 0 Å². The SMILES string of the molecule is CCn1c(Cc2ccccc2)nnc1SCc1ccc(Br)cc1. The lowest BCUT2D eigenvalue weighted by Gasteiger charge is -2.07. The molecule has 0 spiro atoms. The molecule has 0 aliphatic heterocycles. The standard InChI is InChI=1S/C18H18BrN3S/c1-2-22-17(12-14-6-4-3-5-7-14)20-21-18(22)23-13-15-8-10-16(19)11-9-15/h3-11H,2,12-13H2,1H3. The van der Waals surface area contributed by atoms with Crippen molar-refractivity contribution in [2.45, 2.75) is 30.8 Å². The van der Waals surface area contributed by atoms with E-state index in [4.69, 9.17) is 0 Å². The number of halogens is 1. The summed E-state index contributed by atoms with van der Waals surface area (Å²) in [6, 6.07) is 18.8. The van der Waals surface area contributed by atoms with Gasteiger partial charge in [0.2, 0.25) is 0 Å². The van der Waals surface area contributed by atoms with Gasteiger partial charge in [-0.25, -0.2) is 0 Å². The first-order chi connectivity index (χ1) is 11.3. The molecule has 118 valence electrons. The monoisotopic (exact) mass is 387 g/mol. The van der Waals surface area contributed by atoms with E-state index in [0.717, 1.165) is 34.2 Å². The van der Waals surface area contributed by atoms with Gasteiger partial charge in [0.15, 0.2) is 5.16 Å². The van der Waals surface area contributed by atoms with Gasteiger partial charge in [0, 0.05) is 23.2 Å². The van der Waals surface area contributed by atoms with Crippen LogP contribution in [0.1, 0.15) is 23.9 Å². The summed E-state index contributed by atoms with van der Waals surface area (Å²) in [5.74, 6) is 1.92. The van der Waals surface area contributed by atoms with Crippen molar-refractivity contribution in [1.82, 2.24) is 14.8 Å². The number of hydrogen-bond acceptors (Lipinski definition) is 3. The van der Waals surface area contributed by atoms with E-state index in [0.29, 0.717) is 0 Å². The van der Waals surface area contributed by atoms with Crippen LogP contribution in [0.25, 0.3) is 0 Å². The molecule has 5 heteroatoms. The molecule has 0 aliphatic rings. The average Bonchev–Trinajstić information content (AvgIpc) is 2.97. The predicted octanol–water partition coefficient (Wildman–Crippen LogP) is 4.94. The largest absolute Gasteiger partial charge is 0.306 e. The number of aromatic nitrogens is 3. The zero-order valence-electron chi connectivity index (χ0n) is 12.9. The Kier molecular flexibility index (Phi) is 5.51. The molecule has 0 saturated heterocycles. The lowest BCUT2D eigenvalue weighted by atomic mass is 10.1. The van der Waals surface area contributed by atoms with Crippen molar-refractivity contribution < 1.29 is 0 Å². The van der Waals surface area contributed by atoms with E-state index in [1.807, 2.05) is 6.07 Å². The second kappa shape index (κ2) is 7.79. The highest BCUT2D eigenvalue weighted by Crippen LogP contribution is 2.23. The third kappa shape index (κ3) is 4.24. The Bertz CT molecular complexity index is 754. The van der Waals surface area contributed by atoms with E-state index >= 15 is 0 Å². The maximum atomic E-state index is 4.39. The first-order valence-electron chi connectivity index (χ1n) is 7.59. The Labute approximate surface area is 149 Å². The molecule has 3 aromatic rings. The van der Waals surface area contributed by atoms with Gasteiger partial charge in [0.05, 0.1) is 0 Å². The van der Waals surface area contributed by atoms with E-state index in [2.05, 4.69) is 86.1 Å². The number of rotatable bonds is 6. The first-order valence-corrected chi connectivity index (χ1v) is 9.37. The number of nitrogens with zero attached hydrogens (tertiary/aromatic N) is 3. The maximum Gasteiger partial charge on any atom is 0.191 e. The molecule has 1 heterocycles. The highest BCUT2D eigenvalue weighted by molar-refractivity contribution is 9.10. The lowest BCUT2D eigenvalue weighted by Crippen LogP contribution is -2.04. The van der Waals surface area contributed by atoms with Crippen LogP contribution in [0.15, 0.2) is 64.2 Å². The molecule has 0 unspecified atom stereocenters. The van der Waals surface area contributed by atoms with Crippen molar-refractivity contribution >= 4 is 27.7 Å². The third-order valence-corrected chi connectivity index (χ3v) is 5.16. The molecule has 3 rings (SSSR count). The number of hydrogen-bond donors (Lipinski definition) is 0. The molecule has 0 saturated carbocycles. The van der Waals surface area contributed by atoms with Crippen LogP contribution < -0.4 is 0 Å². The van der Waals surface area contributed by atoms with Crippen LogP contribution in [-0.4, -0.2) is 14.8 Å². The first kappa shape index (κ1) is 16.3. The van der Waals surface area contributed by atoms with Crippen molar-refractivity contribution in [2.75, 3.05) is 0 Å². The minimum Gasteiger partial charge on any atom is -0.306 e. The summed E-state index contributed by atoms with van der Waals surface area (Å²) >= 11 is 5.20. The molecule has 2 aromatic carbocycles. The van der Waals surface area contributed by atoms with Gasteiger partial charge in [-0.2, -0.15) is 0 Å². The van der Waals surface area contributed by atoms with Gasteiger partial charge in [-0.15, -0.1) is 10.2 Å². The Morgan fingerprint density at radius 2 is 1.70 bits per heavy atom. The van der Waals surface area contributed by atoms with Crippen LogP contribution in [-0.2, 0) is 18.7 Å². The fraction of sp³-hybridized carbons (Fsp3) is 0.222. The molecule has 0 N–H and O–H groups in total. The van der Waals surface area contributed by atoms with Gasteiger partial charge in [-0.05, 0) is 30.2 Å². The molecular formula is C18H18BrN3S. The Hall–Kier alpha value is -1.59. The Morgan fingerprint density at radius 3 is 2.39 bits per heavy atom. The van der Waals surface area contributed by atoms with Gasteiger partial charge < -0.3 is 4.57 Å². The van der Waals surface area contributed by atoms with Gasteiger partial charge in [0.1, 0.15) is 5.82 Å².